The molecule has 0 unspecified atom stereocenters. The minimum atomic E-state index is -0.337. The van der Waals surface area contributed by atoms with Crippen LogP contribution in [0.4, 0.5) is 4.39 Å². The van der Waals surface area contributed by atoms with Gasteiger partial charge in [0.15, 0.2) is 0 Å². The summed E-state index contributed by atoms with van der Waals surface area (Å²) in [5.41, 5.74) is 1.39. The van der Waals surface area contributed by atoms with E-state index in [9.17, 15) is 4.39 Å². The van der Waals surface area contributed by atoms with Crippen molar-refractivity contribution in [3.63, 3.8) is 0 Å². The fourth-order valence-electron chi connectivity index (χ4n) is 2.46. The van der Waals surface area contributed by atoms with Crippen LogP contribution in [-0.4, -0.2) is 17.3 Å². The maximum atomic E-state index is 13.3. The first kappa shape index (κ1) is 13.9. The Morgan fingerprint density at radius 3 is 2.87 bits per heavy atom. The molecule has 2 aromatic carbocycles. The third kappa shape index (κ3) is 2.37. The first-order valence-electron chi connectivity index (χ1n) is 6.90. The smallest absolute Gasteiger partial charge is 0.259 e. The molecule has 0 atom stereocenters. The monoisotopic (exact) mass is 326 g/mol. The molecule has 0 N–H and O–H groups in total. The van der Waals surface area contributed by atoms with Crippen molar-refractivity contribution in [2.45, 2.75) is 0 Å². The summed E-state index contributed by atoms with van der Waals surface area (Å²) < 4.78 is 25.2. The molecule has 23 heavy (non-hydrogen) atoms. The van der Waals surface area contributed by atoms with Gasteiger partial charge in [0.1, 0.15) is 11.6 Å². The van der Waals surface area contributed by atoms with Crippen LogP contribution in [0.2, 0.25) is 0 Å². The molecule has 0 saturated carbocycles. The topological polar surface area (TPSA) is 48.2 Å². The molecule has 0 saturated heterocycles. The Labute approximate surface area is 135 Å². The van der Waals surface area contributed by atoms with Gasteiger partial charge in [-0.3, -0.25) is 0 Å². The lowest BCUT2D eigenvalue weighted by Crippen LogP contribution is -1.85. The minimum absolute atomic E-state index is 0.337. The van der Waals surface area contributed by atoms with E-state index in [2.05, 4.69) is 10.1 Å². The molecular weight excluding hydrogens is 315 g/mol. The molecule has 4 rings (SSSR count). The van der Waals surface area contributed by atoms with E-state index in [1.165, 1.54) is 12.1 Å². The molecule has 4 aromatic rings. The summed E-state index contributed by atoms with van der Waals surface area (Å²) in [6.45, 7) is 0. The molecule has 0 bridgehead atoms. The first-order valence-corrected chi connectivity index (χ1v) is 7.78. The van der Waals surface area contributed by atoms with E-state index in [4.69, 9.17) is 9.26 Å². The summed E-state index contributed by atoms with van der Waals surface area (Å²) in [6, 6.07) is 11.9. The Morgan fingerprint density at radius 1 is 1.17 bits per heavy atom. The lowest BCUT2D eigenvalue weighted by Gasteiger charge is -2.02. The number of fused-ring (bicyclic) bond motifs is 1. The number of aromatic nitrogens is 2. The van der Waals surface area contributed by atoms with Gasteiger partial charge in [-0.15, -0.1) is 11.3 Å². The molecule has 0 amide bonds. The number of benzene rings is 2. The van der Waals surface area contributed by atoms with E-state index >= 15 is 0 Å². The summed E-state index contributed by atoms with van der Waals surface area (Å²) in [4.78, 5) is 4.40. The maximum Gasteiger partial charge on any atom is 0.259 e. The second kappa shape index (κ2) is 5.48. The van der Waals surface area contributed by atoms with Crippen molar-refractivity contribution < 1.29 is 13.7 Å². The molecule has 2 aromatic heterocycles. The zero-order valence-corrected chi connectivity index (χ0v) is 12.9. The van der Waals surface area contributed by atoms with Crippen molar-refractivity contribution in [1.82, 2.24) is 10.1 Å². The van der Waals surface area contributed by atoms with E-state index in [1.54, 1.807) is 30.6 Å². The van der Waals surface area contributed by atoms with E-state index in [-0.39, 0.29) is 5.82 Å². The largest absolute Gasteiger partial charge is 0.496 e. The molecule has 0 radical (unpaired) electrons. The van der Waals surface area contributed by atoms with Gasteiger partial charge in [-0.05, 0) is 24.3 Å². The fourth-order valence-corrected chi connectivity index (χ4v) is 3.41. The quantitative estimate of drug-likeness (QED) is 0.544. The van der Waals surface area contributed by atoms with Gasteiger partial charge in [0, 0.05) is 21.0 Å². The van der Waals surface area contributed by atoms with E-state index in [0.717, 1.165) is 21.4 Å². The minimum Gasteiger partial charge on any atom is -0.496 e. The second-order valence-corrected chi connectivity index (χ2v) is 5.83. The van der Waals surface area contributed by atoms with Crippen LogP contribution in [0.25, 0.3) is 32.9 Å². The van der Waals surface area contributed by atoms with Crippen molar-refractivity contribution in [3.05, 3.63) is 53.7 Å². The predicted octanol–water partition coefficient (Wildman–Crippen LogP) is 4.77. The van der Waals surface area contributed by atoms with E-state index in [1.807, 2.05) is 23.6 Å². The van der Waals surface area contributed by atoms with Gasteiger partial charge in [-0.2, -0.15) is 4.98 Å². The zero-order valence-electron chi connectivity index (χ0n) is 12.1. The molecule has 0 aliphatic rings. The van der Waals surface area contributed by atoms with Gasteiger partial charge in [0.05, 0.1) is 12.7 Å². The number of methoxy groups -OCH3 is 1. The van der Waals surface area contributed by atoms with Gasteiger partial charge in [0.2, 0.25) is 5.82 Å². The fraction of sp³-hybridized carbons (Fsp3) is 0.0588. The number of thiophene rings is 1. The number of hydrogen-bond donors (Lipinski definition) is 0. The first-order chi connectivity index (χ1) is 11.3. The lowest BCUT2D eigenvalue weighted by atomic mass is 10.1. The van der Waals surface area contributed by atoms with Crippen LogP contribution in [-0.2, 0) is 0 Å². The van der Waals surface area contributed by atoms with Crippen molar-refractivity contribution in [1.29, 1.82) is 0 Å². The van der Waals surface area contributed by atoms with Crippen LogP contribution in [0, 0.1) is 5.82 Å². The molecule has 0 fully saturated rings. The number of nitrogens with zero attached hydrogens (tertiary/aromatic N) is 2. The highest BCUT2D eigenvalue weighted by Crippen LogP contribution is 2.39. The standard InChI is InChI=1S/C17H11FN2O2S/c1-21-13-6-3-7-14-15(13)12(9-23-14)17-19-16(20-22-17)10-4-2-5-11(18)8-10/h2-9H,1H3. The average Bonchev–Trinajstić information content (AvgIpc) is 3.21. The van der Waals surface area contributed by atoms with Crippen molar-refractivity contribution in [3.8, 4) is 28.6 Å². The molecule has 0 aliphatic carbocycles. The van der Waals surface area contributed by atoms with Crippen molar-refractivity contribution in [2.75, 3.05) is 7.11 Å². The summed E-state index contributed by atoms with van der Waals surface area (Å²) in [7, 11) is 1.63. The number of ether oxygens (including phenoxy) is 1. The Balaban J connectivity index is 1.84. The van der Waals surface area contributed by atoms with Crippen LogP contribution in [0.5, 0.6) is 5.75 Å². The average molecular weight is 326 g/mol. The molecular formula is C17H11FN2O2S. The summed E-state index contributed by atoms with van der Waals surface area (Å²) in [5, 5.41) is 6.85. The summed E-state index contributed by atoms with van der Waals surface area (Å²) in [5.74, 6) is 1.16. The Hall–Kier alpha value is -2.73. The summed E-state index contributed by atoms with van der Waals surface area (Å²) >= 11 is 1.58. The molecule has 0 aliphatic heterocycles. The second-order valence-electron chi connectivity index (χ2n) is 4.92. The molecule has 4 nitrogen and oxygen atoms in total. The third-order valence-electron chi connectivity index (χ3n) is 3.52. The maximum absolute atomic E-state index is 13.3. The Morgan fingerprint density at radius 2 is 2.04 bits per heavy atom. The van der Waals surface area contributed by atoms with Crippen molar-refractivity contribution in [2.24, 2.45) is 0 Å². The van der Waals surface area contributed by atoms with E-state index < -0.39 is 0 Å². The van der Waals surface area contributed by atoms with Crippen LogP contribution < -0.4 is 4.74 Å². The van der Waals surface area contributed by atoms with Crippen LogP contribution in [0.15, 0.2) is 52.4 Å². The van der Waals surface area contributed by atoms with Crippen molar-refractivity contribution >= 4 is 21.4 Å². The van der Waals surface area contributed by atoms with E-state index in [0.29, 0.717) is 17.3 Å². The molecule has 2 heterocycles. The number of hydrogen-bond acceptors (Lipinski definition) is 5. The van der Waals surface area contributed by atoms with Gasteiger partial charge >= 0.3 is 0 Å². The molecule has 0 spiro atoms. The normalized spacial score (nSPS) is 11.0. The predicted molar refractivity (Wildman–Crippen MR) is 87.1 cm³/mol. The Kier molecular flexibility index (Phi) is 3.31. The SMILES string of the molecule is COc1cccc2scc(-c3nc(-c4cccc(F)c4)no3)c12. The van der Waals surface area contributed by atoms with Gasteiger partial charge < -0.3 is 9.26 Å². The van der Waals surface area contributed by atoms with Gasteiger partial charge in [0.25, 0.3) is 5.89 Å². The highest BCUT2D eigenvalue weighted by Gasteiger charge is 2.17. The molecule has 6 heteroatoms. The lowest BCUT2D eigenvalue weighted by molar-refractivity contribution is 0.419. The number of halogens is 1. The molecule has 114 valence electrons. The van der Waals surface area contributed by atoms with Crippen LogP contribution in [0.3, 0.4) is 0 Å². The third-order valence-corrected chi connectivity index (χ3v) is 4.47. The zero-order chi connectivity index (χ0) is 15.8. The van der Waals surface area contributed by atoms with Gasteiger partial charge in [-0.1, -0.05) is 23.4 Å². The highest BCUT2D eigenvalue weighted by atomic mass is 32.1. The Bertz CT molecular complexity index is 993. The number of rotatable bonds is 3. The van der Waals surface area contributed by atoms with Gasteiger partial charge in [-0.25, -0.2) is 4.39 Å². The van der Waals surface area contributed by atoms with Crippen LogP contribution >= 0.6 is 11.3 Å². The highest BCUT2D eigenvalue weighted by molar-refractivity contribution is 7.17. The van der Waals surface area contributed by atoms with Crippen LogP contribution in [0.1, 0.15) is 0 Å². The summed E-state index contributed by atoms with van der Waals surface area (Å²) in [6.07, 6.45) is 0.